The maximum absolute atomic E-state index is 13.6. The van der Waals surface area contributed by atoms with Crippen LogP contribution >= 0.6 is 23.1 Å². The fourth-order valence-corrected chi connectivity index (χ4v) is 3.63. The third-order valence-electron chi connectivity index (χ3n) is 3.09. The van der Waals surface area contributed by atoms with Gasteiger partial charge in [-0.25, -0.2) is 13.8 Å². The minimum absolute atomic E-state index is 0.204. The molecular formula is C16H13F2N3OS2. The first-order valence-electron chi connectivity index (χ1n) is 7.10. The highest BCUT2D eigenvalue weighted by molar-refractivity contribution is 7.99. The van der Waals surface area contributed by atoms with E-state index in [0.717, 1.165) is 4.90 Å². The van der Waals surface area contributed by atoms with Gasteiger partial charge in [-0.1, -0.05) is 17.4 Å². The van der Waals surface area contributed by atoms with E-state index >= 15 is 0 Å². The second-order valence-corrected chi connectivity index (χ2v) is 7.03. The summed E-state index contributed by atoms with van der Waals surface area (Å²) in [4.78, 5) is 16.8. The molecule has 24 heavy (non-hydrogen) atoms. The fourth-order valence-electron chi connectivity index (χ4n) is 1.95. The first-order chi connectivity index (χ1) is 11.6. The number of amides is 1. The molecule has 0 radical (unpaired) electrons. The normalized spacial score (nSPS) is 10.8. The van der Waals surface area contributed by atoms with Gasteiger partial charge in [-0.05, 0) is 36.4 Å². The molecule has 3 aromatic rings. The third-order valence-corrected chi connectivity index (χ3v) is 5.04. The van der Waals surface area contributed by atoms with Crippen LogP contribution in [0.25, 0.3) is 10.2 Å². The number of thioether (sulfide) groups is 1. The smallest absolute Gasteiger partial charge is 0.239 e. The predicted molar refractivity (Wildman–Crippen MR) is 93.1 cm³/mol. The fraction of sp³-hybridized carbons (Fsp3) is 0.125. The van der Waals surface area contributed by atoms with Crippen molar-refractivity contribution in [1.29, 1.82) is 0 Å². The zero-order valence-electron chi connectivity index (χ0n) is 12.4. The zero-order valence-corrected chi connectivity index (χ0v) is 14.0. The molecule has 1 aromatic heterocycles. The molecule has 1 amide bonds. The van der Waals surface area contributed by atoms with Gasteiger partial charge in [0.25, 0.3) is 0 Å². The Morgan fingerprint density at radius 1 is 1.17 bits per heavy atom. The number of para-hydroxylation sites is 1. The predicted octanol–water partition coefficient (Wildman–Crippen LogP) is 4.20. The van der Waals surface area contributed by atoms with Crippen LogP contribution in [-0.4, -0.2) is 16.6 Å². The van der Waals surface area contributed by atoms with E-state index in [4.69, 9.17) is 0 Å². The van der Waals surface area contributed by atoms with E-state index < -0.39 is 0 Å². The van der Waals surface area contributed by atoms with Crippen LogP contribution in [0.15, 0.2) is 47.4 Å². The van der Waals surface area contributed by atoms with Crippen LogP contribution in [0, 0.1) is 11.6 Å². The average Bonchev–Trinajstić information content (AvgIpc) is 2.99. The standard InChI is InChI=1S/C16H13F2N3OS2/c17-10-4-6-11(7-5-10)23-9-8-14(22)20-21-16-19-15-12(18)2-1-3-13(15)24-16/h1-7H,8-9H2,(H,19,21)(H,20,22). The highest BCUT2D eigenvalue weighted by atomic mass is 32.2. The number of rotatable bonds is 6. The van der Waals surface area contributed by atoms with Gasteiger partial charge in [-0.3, -0.25) is 15.6 Å². The molecule has 1 heterocycles. The second kappa shape index (κ2) is 7.59. The van der Waals surface area contributed by atoms with Crippen LogP contribution in [0.3, 0.4) is 0 Å². The highest BCUT2D eigenvalue weighted by Gasteiger charge is 2.08. The minimum Gasteiger partial charge on any atom is -0.273 e. The number of nitrogens with zero attached hydrogens (tertiary/aromatic N) is 1. The van der Waals surface area contributed by atoms with Crippen LogP contribution in [0.2, 0.25) is 0 Å². The molecule has 0 unspecified atom stereocenters. The van der Waals surface area contributed by atoms with Crippen molar-refractivity contribution in [3.63, 3.8) is 0 Å². The van der Waals surface area contributed by atoms with E-state index in [0.29, 0.717) is 15.6 Å². The first-order valence-corrected chi connectivity index (χ1v) is 8.90. The first kappa shape index (κ1) is 16.7. The lowest BCUT2D eigenvalue weighted by Gasteiger charge is -2.05. The van der Waals surface area contributed by atoms with Gasteiger partial charge in [0.1, 0.15) is 17.2 Å². The number of nitrogens with one attached hydrogen (secondary N) is 2. The Labute approximate surface area is 145 Å². The van der Waals surface area contributed by atoms with Gasteiger partial charge in [0, 0.05) is 17.1 Å². The maximum Gasteiger partial charge on any atom is 0.239 e. The van der Waals surface area contributed by atoms with Crippen LogP contribution in [0.1, 0.15) is 6.42 Å². The molecule has 0 saturated heterocycles. The van der Waals surface area contributed by atoms with Crippen LogP contribution in [0.4, 0.5) is 13.9 Å². The number of carbonyl (C=O) groups excluding carboxylic acids is 1. The van der Waals surface area contributed by atoms with Crippen molar-refractivity contribution in [2.45, 2.75) is 11.3 Å². The summed E-state index contributed by atoms with van der Waals surface area (Å²) in [5.41, 5.74) is 5.52. The largest absolute Gasteiger partial charge is 0.273 e. The quantitative estimate of drug-likeness (QED) is 0.508. The van der Waals surface area contributed by atoms with Crippen molar-refractivity contribution in [3.8, 4) is 0 Å². The SMILES string of the molecule is O=C(CCSc1ccc(F)cc1)NNc1nc2c(F)cccc2s1. The van der Waals surface area contributed by atoms with E-state index in [9.17, 15) is 13.6 Å². The Kier molecular flexibility index (Phi) is 5.27. The number of hydrogen-bond acceptors (Lipinski definition) is 5. The second-order valence-electron chi connectivity index (χ2n) is 4.83. The summed E-state index contributed by atoms with van der Waals surface area (Å²) < 4.78 is 27.1. The maximum atomic E-state index is 13.6. The van der Waals surface area contributed by atoms with Crippen LogP contribution < -0.4 is 10.9 Å². The summed E-state index contributed by atoms with van der Waals surface area (Å²) in [5.74, 6) is -0.315. The number of anilines is 1. The molecule has 3 rings (SSSR count). The zero-order chi connectivity index (χ0) is 16.9. The lowest BCUT2D eigenvalue weighted by atomic mass is 10.3. The summed E-state index contributed by atoms with van der Waals surface area (Å²) in [5, 5.41) is 0.426. The van der Waals surface area contributed by atoms with Gasteiger partial charge in [0.05, 0.1) is 4.70 Å². The van der Waals surface area contributed by atoms with E-state index in [1.54, 1.807) is 24.3 Å². The molecule has 0 aliphatic carbocycles. The van der Waals surface area contributed by atoms with Crippen molar-refractivity contribution in [3.05, 3.63) is 54.1 Å². The number of fused-ring (bicyclic) bond motifs is 1. The highest BCUT2D eigenvalue weighted by Crippen LogP contribution is 2.27. The number of hydrogen-bond donors (Lipinski definition) is 2. The monoisotopic (exact) mass is 365 g/mol. The number of halogens is 2. The molecule has 0 saturated carbocycles. The minimum atomic E-state index is -0.390. The lowest BCUT2D eigenvalue weighted by molar-refractivity contribution is -0.120. The Hall–Kier alpha value is -2.19. The molecule has 2 aromatic carbocycles. The number of carbonyl (C=O) groups is 1. The molecule has 8 heteroatoms. The van der Waals surface area contributed by atoms with Gasteiger partial charge >= 0.3 is 0 Å². The van der Waals surface area contributed by atoms with Gasteiger partial charge in [0.15, 0.2) is 0 Å². The summed E-state index contributed by atoms with van der Waals surface area (Å²) >= 11 is 2.72. The molecule has 0 atom stereocenters. The Bertz CT molecular complexity index is 852. The number of thiazole rings is 1. The van der Waals surface area contributed by atoms with Gasteiger partial charge in [0.2, 0.25) is 11.0 Å². The number of aromatic nitrogens is 1. The van der Waals surface area contributed by atoms with E-state index in [1.807, 2.05) is 0 Å². The van der Waals surface area contributed by atoms with Crippen LogP contribution in [-0.2, 0) is 4.79 Å². The third kappa shape index (κ3) is 4.21. The molecule has 0 aliphatic rings. The van der Waals surface area contributed by atoms with Gasteiger partial charge in [-0.2, -0.15) is 0 Å². The molecule has 0 spiro atoms. The molecular weight excluding hydrogens is 352 g/mol. The van der Waals surface area contributed by atoms with Crippen molar-refractivity contribution in [2.75, 3.05) is 11.2 Å². The molecule has 0 bridgehead atoms. The number of hydrazine groups is 1. The van der Waals surface area contributed by atoms with Crippen molar-refractivity contribution < 1.29 is 13.6 Å². The Balaban J connectivity index is 1.46. The molecule has 2 N–H and O–H groups in total. The average molecular weight is 365 g/mol. The van der Waals surface area contributed by atoms with Crippen molar-refractivity contribution in [1.82, 2.24) is 10.4 Å². The molecule has 0 aliphatic heterocycles. The van der Waals surface area contributed by atoms with Gasteiger partial charge in [-0.15, -0.1) is 11.8 Å². The summed E-state index contributed by atoms with van der Waals surface area (Å²) in [6.45, 7) is 0. The lowest BCUT2D eigenvalue weighted by Crippen LogP contribution is -2.29. The van der Waals surface area contributed by atoms with Crippen molar-refractivity contribution in [2.24, 2.45) is 0 Å². The number of benzene rings is 2. The molecule has 124 valence electrons. The van der Waals surface area contributed by atoms with Crippen molar-refractivity contribution >= 4 is 44.4 Å². The van der Waals surface area contributed by atoms with E-state index in [2.05, 4.69) is 15.8 Å². The van der Waals surface area contributed by atoms with E-state index in [1.165, 1.54) is 41.3 Å². The van der Waals surface area contributed by atoms with E-state index in [-0.39, 0.29) is 29.5 Å². The Morgan fingerprint density at radius 3 is 2.71 bits per heavy atom. The van der Waals surface area contributed by atoms with Gasteiger partial charge < -0.3 is 0 Å². The van der Waals surface area contributed by atoms with Crippen LogP contribution in [0.5, 0.6) is 0 Å². The summed E-state index contributed by atoms with van der Waals surface area (Å²) in [7, 11) is 0. The molecule has 0 fully saturated rings. The molecule has 4 nitrogen and oxygen atoms in total. The summed E-state index contributed by atoms with van der Waals surface area (Å²) in [6, 6.07) is 10.8. The Morgan fingerprint density at radius 2 is 1.96 bits per heavy atom. The topological polar surface area (TPSA) is 54.0 Å². The summed E-state index contributed by atoms with van der Waals surface area (Å²) in [6.07, 6.45) is 0.286.